The summed E-state index contributed by atoms with van der Waals surface area (Å²) in [6, 6.07) is 6.10. The summed E-state index contributed by atoms with van der Waals surface area (Å²) in [6.07, 6.45) is -6.20. The number of methoxy groups -OCH3 is 1. The van der Waals surface area contributed by atoms with E-state index in [4.69, 9.17) is 18.6 Å². The molecular weight excluding hydrogens is 428 g/mol. The van der Waals surface area contributed by atoms with Crippen molar-refractivity contribution in [2.24, 2.45) is 0 Å². The Labute approximate surface area is 179 Å². The fourth-order valence-corrected chi connectivity index (χ4v) is 3.38. The molecule has 170 valence electrons. The quantitative estimate of drug-likeness (QED) is 0.325. The van der Waals surface area contributed by atoms with E-state index < -0.39 is 41.5 Å². The number of ether oxygens (including phenoxy) is 3. The summed E-state index contributed by atoms with van der Waals surface area (Å²) < 4.78 is 21.6. The molecule has 3 aromatic rings. The first kappa shape index (κ1) is 21.7. The van der Waals surface area contributed by atoms with Crippen molar-refractivity contribution in [3.63, 3.8) is 0 Å². The predicted molar refractivity (Wildman–Crippen MR) is 108 cm³/mol. The maximum absolute atomic E-state index is 13.2. The highest BCUT2D eigenvalue weighted by atomic mass is 16.7. The second kappa shape index (κ2) is 8.20. The van der Waals surface area contributed by atoms with Crippen molar-refractivity contribution in [3.05, 3.63) is 40.6 Å². The molecule has 4 rings (SSSR count). The molecule has 0 saturated carbocycles. The first-order chi connectivity index (χ1) is 15.2. The van der Waals surface area contributed by atoms with E-state index in [1.54, 1.807) is 0 Å². The second-order valence-electron chi connectivity index (χ2n) is 7.18. The summed E-state index contributed by atoms with van der Waals surface area (Å²) >= 11 is 0. The summed E-state index contributed by atoms with van der Waals surface area (Å²) in [5.74, 6) is -1.73. The average molecular weight is 448 g/mol. The van der Waals surface area contributed by atoms with Gasteiger partial charge in [0.2, 0.25) is 17.5 Å². The Hall–Kier alpha value is -3.51. The minimum absolute atomic E-state index is 0.0578. The molecule has 1 fully saturated rings. The van der Waals surface area contributed by atoms with Gasteiger partial charge in [0.05, 0.1) is 13.7 Å². The van der Waals surface area contributed by atoms with Gasteiger partial charge in [-0.2, -0.15) is 0 Å². The molecule has 2 aromatic carbocycles. The number of phenols is 3. The number of fused-ring (bicyclic) bond motifs is 1. The molecule has 0 aliphatic carbocycles. The Morgan fingerprint density at radius 3 is 2.47 bits per heavy atom. The largest absolute Gasteiger partial charge is 0.508 e. The van der Waals surface area contributed by atoms with Crippen molar-refractivity contribution in [2.75, 3.05) is 13.7 Å². The van der Waals surface area contributed by atoms with Crippen molar-refractivity contribution in [2.45, 2.75) is 24.6 Å². The maximum Gasteiger partial charge on any atom is 0.239 e. The highest BCUT2D eigenvalue weighted by Gasteiger charge is 2.40. The summed E-state index contributed by atoms with van der Waals surface area (Å²) in [5.41, 5.74) is -0.813. The molecule has 1 aliphatic rings. The highest BCUT2D eigenvalue weighted by molar-refractivity contribution is 5.88. The van der Waals surface area contributed by atoms with Crippen LogP contribution in [0.4, 0.5) is 0 Å². The van der Waals surface area contributed by atoms with Gasteiger partial charge >= 0.3 is 0 Å². The Kier molecular flexibility index (Phi) is 5.57. The fourth-order valence-electron chi connectivity index (χ4n) is 3.38. The molecule has 0 bridgehead atoms. The van der Waals surface area contributed by atoms with Gasteiger partial charge in [0.25, 0.3) is 0 Å². The van der Waals surface area contributed by atoms with Gasteiger partial charge in [0.15, 0.2) is 17.3 Å². The standard InChI is InChI=1S/C21H20O11/c1-29-13-4-8(2-3-10(13)23)19-20(32-21-18(28)16(26)12(25)7-30-21)17(27)15-11(24)5-9(22)6-14(15)31-19/h2-6,12,16,18,21-26,28H,7H2,1H3/t12-,16-,18+,21+/m1/s1. The van der Waals surface area contributed by atoms with Crippen LogP contribution in [0.3, 0.4) is 0 Å². The van der Waals surface area contributed by atoms with Crippen LogP contribution in [0.2, 0.25) is 0 Å². The molecule has 4 atom stereocenters. The summed E-state index contributed by atoms with van der Waals surface area (Å²) in [6.45, 7) is -0.372. The molecule has 1 aromatic heterocycles. The Balaban J connectivity index is 1.92. The number of phenolic OH excluding ortho intramolecular Hbond substituents is 3. The van der Waals surface area contributed by atoms with Crippen molar-refractivity contribution < 1.29 is 49.3 Å². The van der Waals surface area contributed by atoms with E-state index in [0.29, 0.717) is 0 Å². The van der Waals surface area contributed by atoms with Crippen LogP contribution in [0.15, 0.2) is 39.5 Å². The van der Waals surface area contributed by atoms with Gasteiger partial charge in [-0.25, -0.2) is 0 Å². The van der Waals surface area contributed by atoms with E-state index in [9.17, 15) is 35.4 Å². The van der Waals surface area contributed by atoms with Gasteiger partial charge in [-0.15, -0.1) is 0 Å². The number of aliphatic hydroxyl groups is 3. The number of aliphatic hydroxyl groups excluding tert-OH is 3. The van der Waals surface area contributed by atoms with Crippen LogP contribution < -0.4 is 14.9 Å². The lowest BCUT2D eigenvalue weighted by atomic mass is 10.1. The fraction of sp³-hybridized carbons (Fsp3) is 0.286. The summed E-state index contributed by atoms with van der Waals surface area (Å²) in [5, 5.41) is 59.3. The van der Waals surface area contributed by atoms with Crippen molar-refractivity contribution in [1.82, 2.24) is 0 Å². The van der Waals surface area contributed by atoms with Gasteiger partial charge in [-0.1, -0.05) is 0 Å². The second-order valence-corrected chi connectivity index (χ2v) is 7.18. The highest BCUT2D eigenvalue weighted by Crippen LogP contribution is 2.39. The number of benzene rings is 2. The van der Waals surface area contributed by atoms with Crippen LogP contribution in [-0.2, 0) is 4.74 Å². The molecule has 0 radical (unpaired) electrons. The van der Waals surface area contributed by atoms with Crippen LogP contribution in [-0.4, -0.2) is 69.0 Å². The molecule has 0 amide bonds. The van der Waals surface area contributed by atoms with Crippen LogP contribution in [0.25, 0.3) is 22.3 Å². The number of hydrogen-bond donors (Lipinski definition) is 6. The zero-order chi connectivity index (χ0) is 23.2. The molecule has 1 saturated heterocycles. The molecule has 32 heavy (non-hydrogen) atoms. The zero-order valence-corrected chi connectivity index (χ0v) is 16.6. The summed E-state index contributed by atoms with van der Waals surface area (Å²) in [4.78, 5) is 13.2. The van der Waals surface area contributed by atoms with Gasteiger partial charge in [-0.3, -0.25) is 4.79 Å². The van der Waals surface area contributed by atoms with Crippen LogP contribution in [0.1, 0.15) is 0 Å². The smallest absolute Gasteiger partial charge is 0.239 e. The molecule has 11 heteroatoms. The molecule has 2 heterocycles. The minimum atomic E-state index is -1.70. The minimum Gasteiger partial charge on any atom is -0.508 e. The van der Waals surface area contributed by atoms with Gasteiger partial charge in [0.1, 0.15) is 40.8 Å². The Morgan fingerprint density at radius 2 is 1.75 bits per heavy atom. The van der Waals surface area contributed by atoms with E-state index in [2.05, 4.69) is 0 Å². The van der Waals surface area contributed by atoms with Crippen LogP contribution in [0.5, 0.6) is 28.7 Å². The van der Waals surface area contributed by atoms with Crippen molar-refractivity contribution >= 4 is 11.0 Å². The predicted octanol–water partition coefficient (Wildman–Crippen LogP) is 0.403. The Morgan fingerprint density at radius 1 is 1.00 bits per heavy atom. The summed E-state index contributed by atoms with van der Waals surface area (Å²) in [7, 11) is 1.32. The molecule has 1 aliphatic heterocycles. The average Bonchev–Trinajstić information content (AvgIpc) is 2.75. The maximum atomic E-state index is 13.2. The van der Waals surface area contributed by atoms with E-state index in [0.717, 1.165) is 12.1 Å². The van der Waals surface area contributed by atoms with Crippen LogP contribution >= 0.6 is 0 Å². The third kappa shape index (κ3) is 3.67. The van der Waals surface area contributed by atoms with Gasteiger partial charge in [0, 0.05) is 17.7 Å². The van der Waals surface area contributed by atoms with E-state index in [-0.39, 0.29) is 46.1 Å². The lowest BCUT2D eigenvalue weighted by Crippen LogP contribution is -2.55. The SMILES string of the molecule is COc1cc(-c2oc3cc(O)cc(O)c3c(=O)c2O[C@@H]2OC[C@@H](O)[C@@H](O)[C@@H]2O)ccc1O. The normalized spacial score (nSPS) is 23.2. The molecule has 11 nitrogen and oxygen atoms in total. The third-order valence-corrected chi connectivity index (χ3v) is 5.05. The Bertz CT molecular complexity index is 1220. The first-order valence-corrected chi connectivity index (χ1v) is 9.44. The number of hydrogen-bond acceptors (Lipinski definition) is 11. The van der Waals surface area contributed by atoms with E-state index in [1.807, 2.05) is 0 Å². The van der Waals surface area contributed by atoms with E-state index >= 15 is 0 Å². The topological polar surface area (TPSA) is 179 Å². The number of aromatic hydroxyl groups is 3. The van der Waals surface area contributed by atoms with Crippen LogP contribution in [0, 0.1) is 0 Å². The molecule has 0 unspecified atom stereocenters. The van der Waals surface area contributed by atoms with Crippen molar-refractivity contribution in [3.8, 4) is 40.1 Å². The molecule has 6 N–H and O–H groups in total. The first-order valence-electron chi connectivity index (χ1n) is 9.44. The van der Waals surface area contributed by atoms with Gasteiger partial charge < -0.3 is 49.3 Å². The monoisotopic (exact) mass is 448 g/mol. The lowest BCUT2D eigenvalue weighted by Gasteiger charge is -2.34. The number of rotatable bonds is 4. The lowest BCUT2D eigenvalue weighted by molar-refractivity contribution is -0.242. The zero-order valence-electron chi connectivity index (χ0n) is 16.6. The third-order valence-electron chi connectivity index (χ3n) is 5.05. The molecule has 0 spiro atoms. The van der Waals surface area contributed by atoms with E-state index in [1.165, 1.54) is 25.3 Å². The molecular formula is C21H20O11. The van der Waals surface area contributed by atoms with Gasteiger partial charge in [-0.05, 0) is 18.2 Å². The van der Waals surface area contributed by atoms with Crippen molar-refractivity contribution in [1.29, 1.82) is 0 Å².